The van der Waals surface area contributed by atoms with Crippen LogP contribution in [0.3, 0.4) is 0 Å². The maximum Gasteiger partial charge on any atom is 0.306 e. The topological polar surface area (TPSA) is 125 Å². The molecule has 1 aliphatic carbocycles. The number of halogens is 1. The maximum absolute atomic E-state index is 14.7. The Morgan fingerprint density at radius 1 is 1.20 bits per heavy atom. The third-order valence-corrected chi connectivity index (χ3v) is 11.0. The van der Waals surface area contributed by atoms with Crippen LogP contribution < -0.4 is 5.32 Å². The van der Waals surface area contributed by atoms with Crippen LogP contribution in [0, 0.1) is 11.8 Å². The van der Waals surface area contributed by atoms with Crippen LogP contribution in [-0.2, 0) is 28.7 Å². The van der Waals surface area contributed by atoms with Gasteiger partial charge in [-0.1, -0.05) is 77.7 Å². The van der Waals surface area contributed by atoms with E-state index in [1.165, 1.54) is 4.90 Å². The van der Waals surface area contributed by atoms with Crippen molar-refractivity contribution >= 4 is 39.6 Å². The van der Waals surface area contributed by atoms with Crippen molar-refractivity contribution in [1.82, 2.24) is 15.1 Å². The number of likely N-dealkylation sites (tertiary alicyclic amines) is 1. The molecule has 1 saturated carbocycles. The van der Waals surface area contributed by atoms with Crippen molar-refractivity contribution < 1.29 is 33.8 Å². The molecule has 3 saturated heterocycles. The zero-order valence-corrected chi connectivity index (χ0v) is 28.1. The molecule has 4 aliphatic rings. The Hall–Kier alpha value is -3.02. The smallest absolute Gasteiger partial charge is 0.306 e. The van der Waals surface area contributed by atoms with Crippen molar-refractivity contribution in [3.63, 3.8) is 0 Å². The lowest BCUT2D eigenvalue weighted by molar-refractivity contribution is -0.152. The van der Waals surface area contributed by atoms with Gasteiger partial charge >= 0.3 is 5.97 Å². The highest BCUT2D eigenvalue weighted by Crippen LogP contribution is 2.60. The molecule has 4 fully saturated rings. The number of allylic oxidation sites excluding steroid dienone is 1. The summed E-state index contributed by atoms with van der Waals surface area (Å²) in [6, 6.07) is 6.92. The van der Waals surface area contributed by atoms with E-state index in [4.69, 9.17) is 9.47 Å². The van der Waals surface area contributed by atoms with Gasteiger partial charge in [0.1, 0.15) is 18.2 Å². The maximum atomic E-state index is 14.7. The first-order valence-corrected chi connectivity index (χ1v) is 17.4. The van der Waals surface area contributed by atoms with Crippen molar-refractivity contribution in [3.05, 3.63) is 61.2 Å². The number of carbonyl (C=O) groups is 4. The number of ether oxygens (including phenoxy) is 2. The van der Waals surface area contributed by atoms with Gasteiger partial charge < -0.3 is 29.7 Å². The van der Waals surface area contributed by atoms with E-state index in [0.717, 1.165) is 37.7 Å². The van der Waals surface area contributed by atoms with Gasteiger partial charge in [-0.05, 0) is 38.2 Å². The fraction of sp³-hybridized carbons (Fsp3) is 0.600. The van der Waals surface area contributed by atoms with E-state index in [1.807, 2.05) is 35.2 Å². The predicted molar refractivity (Wildman–Crippen MR) is 176 cm³/mol. The van der Waals surface area contributed by atoms with Gasteiger partial charge in [0.25, 0.3) is 0 Å². The van der Waals surface area contributed by atoms with Gasteiger partial charge in [-0.3, -0.25) is 19.2 Å². The molecule has 2 bridgehead atoms. The molecule has 5 rings (SSSR count). The Balaban J connectivity index is 1.46. The summed E-state index contributed by atoms with van der Waals surface area (Å²) in [5.74, 6) is -3.22. The number of benzene rings is 1. The van der Waals surface area contributed by atoms with Gasteiger partial charge in [-0.2, -0.15) is 0 Å². The molecular weight excluding hydrogens is 654 g/mol. The second kappa shape index (κ2) is 14.8. The van der Waals surface area contributed by atoms with Crippen LogP contribution in [0.2, 0.25) is 0 Å². The number of carbonyl (C=O) groups excluding carboxylic acids is 4. The lowest BCUT2D eigenvalue weighted by Crippen LogP contribution is -2.60. The van der Waals surface area contributed by atoms with E-state index in [-0.39, 0.29) is 42.3 Å². The molecule has 8 atom stereocenters. The molecular formula is C35H46BrN3O7. The molecule has 3 heterocycles. The Labute approximate surface area is 279 Å². The number of fused-ring (bicyclic) bond motifs is 1. The Kier molecular flexibility index (Phi) is 11.1. The van der Waals surface area contributed by atoms with Gasteiger partial charge in [-0.25, -0.2) is 0 Å². The molecule has 3 aliphatic heterocycles. The Bertz CT molecular complexity index is 1300. The van der Waals surface area contributed by atoms with E-state index in [2.05, 4.69) is 34.4 Å². The van der Waals surface area contributed by atoms with Crippen molar-refractivity contribution in [3.8, 4) is 0 Å². The fourth-order valence-corrected chi connectivity index (χ4v) is 8.90. The molecule has 11 heteroatoms. The summed E-state index contributed by atoms with van der Waals surface area (Å²) < 4.78 is 12.2. The molecule has 1 aromatic rings. The first kappa shape index (κ1) is 34.3. The zero-order chi connectivity index (χ0) is 33.0. The monoisotopic (exact) mass is 699 g/mol. The Morgan fingerprint density at radius 2 is 1.91 bits per heavy atom. The second-order valence-electron chi connectivity index (χ2n) is 13.0. The number of nitrogens with zero attached hydrogens (tertiary/aromatic N) is 2. The van der Waals surface area contributed by atoms with Gasteiger partial charge in [-0.15, -0.1) is 13.2 Å². The number of aliphatic hydroxyl groups excluding tert-OH is 1. The predicted octanol–water partition coefficient (Wildman–Crippen LogP) is 3.83. The number of aliphatic hydroxyl groups is 1. The normalized spacial score (nSPS) is 29.9. The summed E-state index contributed by atoms with van der Waals surface area (Å²) in [5.41, 5.74) is -0.498. The number of alkyl halides is 1. The number of nitrogens with one attached hydrogen (secondary N) is 1. The average molecular weight is 701 g/mol. The van der Waals surface area contributed by atoms with E-state index < -0.39 is 53.5 Å². The van der Waals surface area contributed by atoms with Crippen molar-refractivity contribution in [1.29, 1.82) is 0 Å². The number of amides is 3. The summed E-state index contributed by atoms with van der Waals surface area (Å²) in [6.45, 7) is 9.17. The van der Waals surface area contributed by atoms with Crippen molar-refractivity contribution in [2.45, 2.75) is 99.0 Å². The Morgan fingerprint density at radius 3 is 2.57 bits per heavy atom. The molecule has 0 radical (unpaired) electrons. The van der Waals surface area contributed by atoms with Crippen molar-refractivity contribution in [2.75, 3.05) is 19.8 Å². The number of rotatable bonds is 14. The highest BCUT2D eigenvalue weighted by atomic mass is 79.9. The summed E-state index contributed by atoms with van der Waals surface area (Å²) in [5, 5.41) is 13.3. The van der Waals surface area contributed by atoms with Crippen LogP contribution in [-0.4, -0.2) is 93.0 Å². The first-order valence-electron chi connectivity index (χ1n) is 16.5. The second-order valence-corrected chi connectivity index (χ2v) is 14.2. The molecule has 250 valence electrons. The lowest BCUT2D eigenvalue weighted by atomic mass is 9.70. The van der Waals surface area contributed by atoms with E-state index in [0.29, 0.717) is 19.4 Å². The minimum Gasteiger partial charge on any atom is -0.463 e. The van der Waals surface area contributed by atoms with Crippen LogP contribution in [0.4, 0.5) is 0 Å². The minimum absolute atomic E-state index is 0.0226. The first-order chi connectivity index (χ1) is 22.2. The molecule has 46 heavy (non-hydrogen) atoms. The molecule has 1 spiro atoms. The van der Waals surface area contributed by atoms with Crippen molar-refractivity contribution in [2.24, 2.45) is 11.8 Å². The van der Waals surface area contributed by atoms with Gasteiger partial charge in [0, 0.05) is 23.8 Å². The molecule has 1 unspecified atom stereocenters. The van der Waals surface area contributed by atoms with E-state index in [1.54, 1.807) is 19.1 Å². The summed E-state index contributed by atoms with van der Waals surface area (Å²) in [4.78, 5) is 58.7. The molecule has 10 nitrogen and oxygen atoms in total. The SMILES string of the molecule is C=CCCC(=O)OC[C@@H](NC(=O)[C@H]1[C@@H]2O[C@@]3(CC2Br)[C@@H]1C(=O)N([C@H](C)CO)[C@@H]3C(=O)N(CC=C)C1CCCCC1)c1ccccc1. The summed E-state index contributed by atoms with van der Waals surface area (Å²) in [6.07, 6.45) is 8.66. The minimum atomic E-state index is -1.24. The van der Waals surface area contributed by atoms with Crippen LogP contribution in [0.25, 0.3) is 0 Å². The van der Waals surface area contributed by atoms with Gasteiger partial charge in [0.05, 0.1) is 36.6 Å². The van der Waals surface area contributed by atoms with Crippen LogP contribution >= 0.6 is 15.9 Å². The highest BCUT2D eigenvalue weighted by molar-refractivity contribution is 9.09. The number of esters is 1. The van der Waals surface area contributed by atoms with E-state index >= 15 is 0 Å². The summed E-state index contributed by atoms with van der Waals surface area (Å²) in [7, 11) is 0. The van der Waals surface area contributed by atoms with Gasteiger partial charge in [0.2, 0.25) is 17.7 Å². The highest BCUT2D eigenvalue weighted by Gasteiger charge is 2.77. The number of hydrogen-bond donors (Lipinski definition) is 2. The quantitative estimate of drug-likeness (QED) is 0.172. The third-order valence-electron chi connectivity index (χ3n) is 10.1. The zero-order valence-electron chi connectivity index (χ0n) is 26.5. The summed E-state index contributed by atoms with van der Waals surface area (Å²) >= 11 is 3.73. The van der Waals surface area contributed by atoms with Crippen LogP contribution in [0.15, 0.2) is 55.6 Å². The molecule has 0 aromatic heterocycles. The lowest BCUT2D eigenvalue weighted by Gasteiger charge is -2.42. The van der Waals surface area contributed by atoms with Gasteiger partial charge in [0.15, 0.2) is 0 Å². The molecule has 1 aromatic carbocycles. The standard InChI is InChI=1S/C35H46BrN3O7/c1-4-6-17-27(41)45-21-26(23-13-9-7-10-14-23)37-32(42)28-29-33(43)39(22(3)20-40)31(35(29)19-25(36)30(28)46-35)34(44)38(18-5-2)24-15-11-8-12-16-24/h4-5,7,9-10,13-14,22,24-26,28-31,40H,1-2,6,8,11-12,15-21H2,3H3,(H,37,42)/t22-,25?,26-,28-,29+,30-,31-,35+/m1/s1. The van der Waals surface area contributed by atoms with Crippen LogP contribution in [0.1, 0.15) is 69.9 Å². The average Bonchev–Trinajstić information content (AvgIpc) is 3.67. The van der Waals surface area contributed by atoms with E-state index in [9.17, 15) is 24.3 Å². The number of hydrogen-bond acceptors (Lipinski definition) is 7. The third kappa shape index (κ3) is 6.42. The molecule has 2 N–H and O–H groups in total. The fourth-order valence-electron chi connectivity index (χ4n) is 7.96. The largest absolute Gasteiger partial charge is 0.463 e. The molecule has 3 amide bonds. The van der Waals surface area contributed by atoms with Crippen LogP contribution in [0.5, 0.6) is 0 Å².